The first kappa shape index (κ1) is 16.0. The number of aryl methyl sites for hydroxylation is 1. The van der Waals surface area contributed by atoms with Gasteiger partial charge in [0.15, 0.2) is 0 Å². The number of nitrogens with zero attached hydrogens (tertiary/aromatic N) is 2. The summed E-state index contributed by atoms with van der Waals surface area (Å²) < 4.78 is 0. The van der Waals surface area contributed by atoms with Crippen LogP contribution >= 0.6 is 0 Å². The van der Waals surface area contributed by atoms with Crippen molar-refractivity contribution >= 4 is 0 Å². The zero-order chi connectivity index (χ0) is 15.4. The fourth-order valence-electron chi connectivity index (χ4n) is 4.23. The standard InChI is InChI=1S/C20H32N2/c1-3-18-8-10-19(11-9-18)16-21-12-14-22(15-13-21)20-7-5-4-6-17(20)2/h8-11,17,20H,3-7,12-16H2,1-2H3/t17-,20-/m1/s1. The summed E-state index contributed by atoms with van der Waals surface area (Å²) in [5.41, 5.74) is 2.91. The van der Waals surface area contributed by atoms with E-state index in [1.807, 2.05) is 0 Å². The third-order valence-corrected chi connectivity index (χ3v) is 5.78. The van der Waals surface area contributed by atoms with Crippen molar-refractivity contribution < 1.29 is 0 Å². The van der Waals surface area contributed by atoms with Gasteiger partial charge in [0, 0.05) is 38.8 Å². The highest BCUT2D eigenvalue weighted by Gasteiger charge is 2.29. The molecule has 0 N–H and O–H groups in total. The van der Waals surface area contributed by atoms with E-state index in [4.69, 9.17) is 0 Å². The van der Waals surface area contributed by atoms with E-state index in [0.29, 0.717) is 0 Å². The number of piperazine rings is 1. The topological polar surface area (TPSA) is 6.48 Å². The Balaban J connectivity index is 1.48. The van der Waals surface area contributed by atoms with Crippen LogP contribution in [0.2, 0.25) is 0 Å². The quantitative estimate of drug-likeness (QED) is 0.831. The number of rotatable bonds is 4. The van der Waals surface area contributed by atoms with Crippen LogP contribution in [-0.2, 0) is 13.0 Å². The maximum atomic E-state index is 2.78. The van der Waals surface area contributed by atoms with Crippen molar-refractivity contribution in [3.8, 4) is 0 Å². The van der Waals surface area contributed by atoms with Crippen LogP contribution in [0.25, 0.3) is 0 Å². The zero-order valence-corrected chi connectivity index (χ0v) is 14.4. The lowest BCUT2D eigenvalue weighted by Crippen LogP contribution is -2.52. The molecule has 2 aliphatic rings. The van der Waals surface area contributed by atoms with E-state index in [0.717, 1.165) is 24.9 Å². The summed E-state index contributed by atoms with van der Waals surface area (Å²) >= 11 is 0. The van der Waals surface area contributed by atoms with Crippen LogP contribution in [-0.4, -0.2) is 42.0 Å². The SMILES string of the molecule is CCc1ccc(CN2CCN([C@@H]3CCCC[C@H]3C)CC2)cc1. The Morgan fingerprint density at radius 2 is 1.55 bits per heavy atom. The van der Waals surface area contributed by atoms with Gasteiger partial charge in [-0.2, -0.15) is 0 Å². The second kappa shape index (κ2) is 7.61. The highest BCUT2D eigenvalue weighted by atomic mass is 15.3. The molecule has 2 heteroatoms. The second-order valence-corrected chi connectivity index (χ2v) is 7.31. The van der Waals surface area contributed by atoms with Crippen LogP contribution in [0.15, 0.2) is 24.3 Å². The molecule has 0 unspecified atom stereocenters. The Hall–Kier alpha value is -0.860. The minimum absolute atomic E-state index is 0.861. The van der Waals surface area contributed by atoms with Crippen LogP contribution in [0.4, 0.5) is 0 Å². The largest absolute Gasteiger partial charge is 0.298 e. The van der Waals surface area contributed by atoms with E-state index in [9.17, 15) is 0 Å². The Morgan fingerprint density at radius 1 is 0.909 bits per heavy atom. The molecule has 1 saturated heterocycles. The normalized spacial score (nSPS) is 27.9. The summed E-state index contributed by atoms with van der Waals surface area (Å²) in [7, 11) is 0. The van der Waals surface area contributed by atoms with Crippen LogP contribution in [0.5, 0.6) is 0 Å². The molecule has 1 aliphatic carbocycles. The maximum absolute atomic E-state index is 2.78. The molecule has 2 nitrogen and oxygen atoms in total. The summed E-state index contributed by atoms with van der Waals surface area (Å²) in [6, 6.07) is 10.1. The predicted molar refractivity (Wildman–Crippen MR) is 94.1 cm³/mol. The van der Waals surface area contributed by atoms with Crippen molar-refractivity contribution in [3.63, 3.8) is 0 Å². The van der Waals surface area contributed by atoms with E-state index < -0.39 is 0 Å². The van der Waals surface area contributed by atoms with Gasteiger partial charge in [0.2, 0.25) is 0 Å². The number of hydrogen-bond donors (Lipinski definition) is 0. The molecule has 0 aromatic heterocycles. The zero-order valence-electron chi connectivity index (χ0n) is 14.4. The van der Waals surface area contributed by atoms with Gasteiger partial charge in [-0.15, -0.1) is 0 Å². The summed E-state index contributed by atoms with van der Waals surface area (Å²) in [4.78, 5) is 5.41. The first-order valence-electron chi connectivity index (χ1n) is 9.30. The molecular weight excluding hydrogens is 268 g/mol. The van der Waals surface area contributed by atoms with E-state index in [1.54, 1.807) is 0 Å². The molecule has 0 spiro atoms. The van der Waals surface area contributed by atoms with Crippen molar-refractivity contribution in [2.75, 3.05) is 26.2 Å². The van der Waals surface area contributed by atoms with Gasteiger partial charge in [-0.05, 0) is 36.3 Å². The van der Waals surface area contributed by atoms with Gasteiger partial charge in [-0.3, -0.25) is 9.80 Å². The van der Waals surface area contributed by atoms with Gasteiger partial charge < -0.3 is 0 Å². The molecule has 0 bridgehead atoms. The molecule has 0 radical (unpaired) electrons. The summed E-state index contributed by atoms with van der Waals surface area (Å²) in [5.74, 6) is 0.905. The summed E-state index contributed by atoms with van der Waals surface area (Å²) in [5, 5.41) is 0. The molecule has 122 valence electrons. The van der Waals surface area contributed by atoms with Crippen LogP contribution in [0, 0.1) is 5.92 Å². The fourth-order valence-corrected chi connectivity index (χ4v) is 4.23. The second-order valence-electron chi connectivity index (χ2n) is 7.31. The minimum atomic E-state index is 0.861. The molecule has 1 aliphatic heterocycles. The smallest absolute Gasteiger partial charge is 0.0234 e. The van der Waals surface area contributed by atoms with Gasteiger partial charge in [-0.1, -0.05) is 51.0 Å². The third kappa shape index (κ3) is 3.91. The van der Waals surface area contributed by atoms with Crippen molar-refractivity contribution in [1.82, 2.24) is 9.80 Å². The lowest BCUT2D eigenvalue weighted by Gasteiger charge is -2.43. The Labute approximate surface area is 136 Å². The Morgan fingerprint density at radius 3 is 2.18 bits per heavy atom. The molecule has 2 fully saturated rings. The van der Waals surface area contributed by atoms with Crippen molar-refractivity contribution in [1.29, 1.82) is 0 Å². The summed E-state index contributed by atoms with van der Waals surface area (Å²) in [6.45, 7) is 10.8. The molecule has 1 saturated carbocycles. The van der Waals surface area contributed by atoms with Crippen LogP contribution < -0.4 is 0 Å². The van der Waals surface area contributed by atoms with Crippen LogP contribution in [0.3, 0.4) is 0 Å². The molecule has 2 atom stereocenters. The average Bonchev–Trinajstić information content (AvgIpc) is 2.57. The lowest BCUT2D eigenvalue weighted by atomic mass is 9.84. The van der Waals surface area contributed by atoms with Crippen molar-refractivity contribution in [2.24, 2.45) is 5.92 Å². The fraction of sp³-hybridized carbons (Fsp3) is 0.700. The van der Waals surface area contributed by atoms with E-state index in [-0.39, 0.29) is 0 Å². The summed E-state index contributed by atoms with van der Waals surface area (Å²) in [6.07, 6.45) is 6.90. The Bertz CT molecular complexity index is 445. The maximum Gasteiger partial charge on any atom is 0.0234 e. The lowest BCUT2D eigenvalue weighted by molar-refractivity contribution is 0.0518. The first-order valence-corrected chi connectivity index (χ1v) is 9.30. The highest BCUT2D eigenvalue weighted by Crippen LogP contribution is 2.28. The minimum Gasteiger partial charge on any atom is -0.298 e. The first-order chi connectivity index (χ1) is 10.8. The van der Waals surface area contributed by atoms with Crippen LogP contribution in [0.1, 0.15) is 50.7 Å². The molecule has 1 aromatic carbocycles. The number of benzene rings is 1. The number of hydrogen-bond acceptors (Lipinski definition) is 2. The highest BCUT2D eigenvalue weighted by molar-refractivity contribution is 5.22. The van der Waals surface area contributed by atoms with Gasteiger partial charge >= 0.3 is 0 Å². The molecule has 1 heterocycles. The predicted octanol–water partition coefficient (Wildman–Crippen LogP) is 3.95. The van der Waals surface area contributed by atoms with Gasteiger partial charge in [-0.25, -0.2) is 0 Å². The molecule has 22 heavy (non-hydrogen) atoms. The van der Waals surface area contributed by atoms with Gasteiger partial charge in [0.1, 0.15) is 0 Å². The van der Waals surface area contributed by atoms with Crippen molar-refractivity contribution in [3.05, 3.63) is 35.4 Å². The average molecular weight is 300 g/mol. The molecule has 3 rings (SSSR count). The molecule has 1 aromatic rings. The van der Waals surface area contributed by atoms with E-state index in [2.05, 4.69) is 47.9 Å². The molecular formula is C20H32N2. The Kier molecular flexibility index (Phi) is 5.54. The van der Waals surface area contributed by atoms with E-state index in [1.165, 1.54) is 63.0 Å². The third-order valence-electron chi connectivity index (χ3n) is 5.78. The molecule has 0 amide bonds. The van der Waals surface area contributed by atoms with Gasteiger partial charge in [0.25, 0.3) is 0 Å². The van der Waals surface area contributed by atoms with Crippen molar-refractivity contribution in [2.45, 2.75) is 58.5 Å². The van der Waals surface area contributed by atoms with Gasteiger partial charge in [0.05, 0.1) is 0 Å². The monoisotopic (exact) mass is 300 g/mol. The van der Waals surface area contributed by atoms with E-state index >= 15 is 0 Å².